The largest absolute Gasteiger partial charge is 0.380 e. The predicted octanol–water partition coefficient (Wildman–Crippen LogP) is 4.05. The topological polar surface area (TPSA) is 59.6 Å². The highest BCUT2D eigenvalue weighted by molar-refractivity contribution is 14.0. The monoisotopic (exact) mass is 455 g/mol. The minimum atomic E-state index is -0.214. The lowest BCUT2D eigenvalue weighted by atomic mass is 9.96. The van der Waals surface area contributed by atoms with E-state index in [4.69, 9.17) is 10.5 Å². The molecule has 1 fully saturated rings. The van der Waals surface area contributed by atoms with Crippen molar-refractivity contribution in [1.29, 1.82) is 0 Å². The number of anilines is 1. The van der Waals surface area contributed by atoms with Crippen LogP contribution in [0.25, 0.3) is 0 Å². The fourth-order valence-corrected chi connectivity index (χ4v) is 2.83. The molecule has 2 aromatic rings. The van der Waals surface area contributed by atoms with Gasteiger partial charge in [-0.15, -0.1) is 24.0 Å². The second-order valence-electron chi connectivity index (χ2n) is 6.20. The van der Waals surface area contributed by atoms with E-state index in [1.165, 1.54) is 12.1 Å². The number of benzene rings is 2. The molecule has 0 unspecified atom stereocenters. The Kier molecular flexibility index (Phi) is 6.78. The molecule has 1 aliphatic carbocycles. The van der Waals surface area contributed by atoms with Crippen LogP contribution in [0.3, 0.4) is 0 Å². The molecule has 0 radical (unpaired) electrons. The number of hydrogen-bond acceptors (Lipinski definition) is 2. The summed E-state index contributed by atoms with van der Waals surface area (Å²) in [5, 5.41) is 3.14. The maximum Gasteiger partial charge on any atom is 0.193 e. The first-order valence-electron chi connectivity index (χ1n) is 8.03. The first kappa shape index (κ1) is 19.7. The first-order valence-corrected chi connectivity index (χ1v) is 8.03. The van der Waals surface area contributed by atoms with Crippen LogP contribution in [0.4, 0.5) is 10.1 Å². The third-order valence-corrected chi connectivity index (χ3v) is 4.44. The lowest BCUT2D eigenvalue weighted by Crippen LogP contribution is -2.25. The lowest BCUT2D eigenvalue weighted by molar-refractivity contribution is 0.185. The zero-order chi connectivity index (χ0) is 17.0. The number of nitrogens with two attached hydrogens (primary N) is 1. The molecule has 1 aliphatic rings. The zero-order valence-electron chi connectivity index (χ0n) is 14.2. The average Bonchev–Trinajstić information content (AvgIpc) is 3.37. The van der Waals surface area contributed by atoms with E-state index >= 15 is 0 Å². The molecule has 2 aromatic carbocycles. The quantitative estimate of drug-likeness (QED) is 0.393. The molecule has 3 N–H and O–H groups in total. The van der Waals surface area contributed by atoms with Crippen LogP contribution in [0.1, 0.15) is 24.0 Å². The van der Waals surface area contributed by atoms with E-state index in [2.05, 4.69) is 10.3 Å². The van der Waals surface area contributed by atoms with Gasteiger partial charge in [-0.3, -0.25) is 4.99 Å². The van der Waals surface area contributed by atoms with Gasteiger partial charge < -0.3 is 15.8 Å². The second-order valence-corrected chi connectivity index (χ2v) is 6.20. The first-order chi connectivity index (χ1) is 11.6. The summed E-state index contributed by atoms with van der Waals surface area (Å²) >= 11 is 0. The van der Waals surface area contributed by atoms with Crippen molar-refractivity contribution in [3.8, 4) is 0 Å². The SMILES string of the molecule is COCc1ccccc1NC(N)=NCC1(c2ccc(F)cc2)CC1.I. The summed E-state index contributed by atoms with van der Waals surface area (Å²) in [5.41, 5.74) is 9.10. The molecule has 0 bridgehead atoms. The standard InChI is InChI=1S/C19H22FN3O.HI/c1-24-12-14-4-2-3-5-17(14)23-18(21)22-13-19(10-11-19)15-6-8-16(20)9-7-15;/h2-9H,10-13H2,1H3,(H3,21,22,23);1H. The number of aliphatic imine (C=N–C) groups is 1. The number of ether oxygens (including phenoxy) is 1. The highest BCUT2D eigenvalue weighted by atomic mass is 127. The van der Waals surface area contributed by atoms with Crippen molar-refractivity contribution >= 4 is 35.6 Å². The van der Waals surface area contributed by atoms with Crippen LogP contribution in [-0.2, 0) is 16.8 Å². The highest BCUT2D eigenvalue weighted by Crippen LogP contribution is 2.48. The Labute approximate surface area is 164 Å². The van der Waals surface area contributed by atoms with Crippen molar-refractivity contribution in [2.75, 3.05) is 19.0 Å². The van der Waals surface area contributed by atoms with Gasteiger partial charge >= 0.3 is 0 Å². The van der Waals surface area contributed by atoms with Gasteiger partial charge in [0.2, 0.25) is 0 Å². The number of rotatable bonds is 6. The average molecular weight is 455 g/mol. The minimum Gasteiger partial charge on any atom is -0.380 e. The molecular formula is C19H23FIN3O. The molecule has 0 aromatic heterocycles. The smallest absolute Gasteiger partial charge is 0.193 e. The fourth-order valence-electron chi connectivity index (χ4n) is 2.83. The fraction of sp³-hybridized carbons (Fsp3) is 0.316. The number of nitrogens with zero attached hydrogens (tertiary/aromatic N) is 1. The van der Waals surface area contributed by atoms with Gasteiger partial charge in [-0.2, -0.15) is 0 Å². The van der Waals surface area contributed by atoms with Crippen LogP contribution in [0.2, 0.25) is 0 Å². The van der Waals surface area contributed by atoms with E-state index in [0.717, 1.165) is 29.7 Å². The van der Waals surface area contributed by atoms with Crippen molar-refractivity contribution in [3.63, 3.8) is 0 Å². The minimum absolute atomic E-state index is 0. The molecule has 4 nitrogen and oxygen atoms in total. The second kappa shape index (κ2) is 8.62. The molecule has 0 amide bonds. The number of hydrogen-bond donors (Lipinski definition) is 2. The summed E-state index contributed by atoms with van der Waals surface area (Å²) in [7, 11) is 1.66. The van der Waals surface area contributed by atoms with E-state index in [-0.39, 0.29) is 35.2 Å². The number of guanidine groups is 1. The van der Waals surface area contributed by atoms with Gasteiger partial charge in [0.15, 0.2) is 5.96 Å². The van der Waals surface area contributed by atoms with E-state index in [1.54, 1.807) is 7.11 Å². The lowest BCUT2D eigenvalue weighted by Gasteiger charge is -2.15. The van der Waals surface area contributed by atoms with Crippen molar-refractivity contribution in [2.24, 2.45) is 10.7 Å². The third-order valence-electron chi connectivity index (χ3n) is 4.44. The number of halogens is 2. The third kappa shape index (κ3) is 4.92. The Morgan fingerprint density at radius 2 is 1.88 bits per heavy atom. The van der Waals surface area contributed by atoms with E-state index in [0.29, 0.717) is 19.1 Å². The van der Waals surface area contributed by atoms with Crippen LogP contribution in [0.5, 0.6) is 0 Å². The Hall–Kier alpha value is -1.67. The van der Waals surface area contributed by atoms with Gasteiger partial charge in [0, 0.05) is 23.8 Å². The molecule has 0 saturated heterocycles. The van der Waals surface area contributed by atoms with Crippen LogP contribution >= 0.6 is 24.0 Å². The molecule has 25 heavy (non-hydrogen) atoms. The predicted molar refractivity (Wildman–Crippen MR) is 110 cm³/mol. The Bertz CT molecular complexity index is 730. The highest BCUT2D eigenvalue weighted by Gasteiger charge is 2.44. The summed E-state index contributed by atoms with van der Waals surface area (Å²) in [6, 6.07) is 14.5. The zero-order valence-corrected chi connectivity index (χ0v) is 16.5. The normalized spacial score (nSPS) is 15.4. The van der Waals surface area contributed by atoms with Gasteiger partial charge in [0.05, 0.1) is 13.2 Å². The van der Waals surface area contributed by atoms with Gasteiger partial charge in [0.25, 0.3) is 0 Å². The van der Waals surface area contributed by atoms with E-state index in [1.807, 2.05) is 36.4 Å². The Balaban J connectivity index is 0.00000225. The van der Waals surface area contributed by atoms with E-state index < -0.39 is 0 Å². The van der Waals surface area contributed by atoms with Gasteiger partial charge in [-0.05, 0) is 36.6 Å². The summed E-state index contributed by atoms with van der Waals surface area (Å²) in [6.07, 6.45) is 2.10. The number of methoxy groups -OCH3 is 1. The van der Waals surface area contributed by atoms with Crippen molar-refractivity contribution < 1.29 is 9.13 Å². The van der Waals surface area contributed by atoms with Crippen LogP contribution in [0.15, 0.2) is 53.5 Å². The Morgan fingerprint density at radius 3 is 2.52 bits per heavy atom. The molecular weight excluding hydrogens is 432 g/mol. The van der Waals surface area contributed by atoms with Crippen LogP contribution in [-0.4, -0.2) is 19.6 Å². The number of nitrogens with one attached hydrogen (secondary N) is 1. The molecule has 0 heterocycles. The molecule has 0 spiro atoms. The summed E-state index contributed by atoms with van der Waals surface area (Å²) in [4.78, 5) is 4.50. The van der Waals surface area contributed by atoms with Crippen LogP contribution < -0.4 is 11.1 Å². The van der Waals surface area contributed by atoms with Gasteiger partial charge in [0.1, 0.15) is 5.82 Å². The molecule has 6 heteroatoms. The van der Waals surface area contributed by atoms with Gasteiger partial charge in [-0.1, -0.05) is 30.3 Å². The molecule has 0 atom stereocenters. The molecule has 134 valence electrons. The molecule has 0 aliphatic heterocycles. The summed E-state index contributed by atoms with van der Waals surface area (Å²) in [5.74, 6) is 0.168. The van der Waals surface area contributed by atoms with E-state index in [9.17, 15) is 4.39 Å². The molecule has 1 saturated carbocycles. The van der Waals surface area contributed by atoms with Crippen LogP contribution in [0, 0.1) is 5.82 Å². The number of para-hydroxylation sites is 1. The molecule has 3 rings (SSSR count). The van der Waals surface area contributed by atoms with Crippen molar-refractivity contribution in [2.45, 2.75) is 24.9 Å². The van der Waals surface area contributed by atoms with Crippen molar-refractivity contribution in [1.82, 2.24) is 0 Å². The maximum absolute atomic E-state index is 13.1. The summed E-state index contributed by atoms with van der Waals surface area (Å²) in [6.45, 7) is 1.11. The van der Waals surface area contributed by atoms with Gasteiger partial charge in [-0.25, -0.2) is 4.39 Å². The van der Waals surface area contributed by atoms with Crippen molar-refractivity contribution in [3.05, 3.63) is 65.5 Å². The maximum atomic E-state index is 13.1. The Morgan fingerprint density at radius 1 is 1.20 bits per heavy atom. The summed E-state index contributed by atoms with van der Waals surface area (Å²) < 4.78 is 18.3.